The Morgan fingerprint density at radius 3 is 2.59 bits per heavy atom. The van der Waals surface area contributed by atoms with Crippen LogP contribution in [0.3, 0.4) is 0 Å². The fraction of sp³-hybridized carbons (Fsp3) is 0.182. The predicted molar refractivity (Wildman–Crippen MR) is 69.3 cm³/mol. The lowest BCUT2D eigenvalue weighted by Gasteiger charge is -2.11. The van der Waals surface area contributed by atoms with E-state index in [0.29, 0.717) is 21.1 Å². The molecule has 0 fully saturated rings. The minimum absolute atomic E-state index is 0.342. The Morgan fingerprint density at radius 1 is 1.24 bits per heavy atom. The lowest BCUT2D eigenvalue weighted by Crippen LogP contribution is -2.09. The number of rotatable bonds is 2. The van der Waals surface area contributed by atoms with Gasteiger partial charge in [0.25, 0.3) is 0 Å². The normalized spacial score (nSPS) is 11.8. The molecule has 17 heavy (non-hydrogen) atoms. The number of halogens is 4. The number of para-hydroxylation sites is 1. The Morgan fingerprint density at radius 2 is 1.94 bits per heavy atom. The number of alkyl halides is 4. The standard InChI is InChI=1S/C11H8F3IN2/c12-11(13,14)10-5-9(16-6-15)7-3-1-2-4-8(7)17-10/h1-5H,6H2,(H,16,17). The number of hydrogen-bond donors (Lipinski definition) is 1. The lowest BCUT2D eigenvalue weighted by atomic mass is 10.1. The first-order chi connectivity index (χ1) is 8.02. The maximum atomic E-state index is 12.6. The molecule has 2 rings (SSSR count). The topological polar surface area (TPSA) is 24.9 Å². The third-order valence-corrected chi connectivity index (χ3v) is 2.65. The van der Waals surface area contributed by atoms with Gasteiger partial charge in [0.2, 0.25) is 0 Å². The highest BCUT2D eigenvalue weighted by molar-refractivity contribution is 14.1. The molecule has 0 aliphatic rings. The molecule has 1 heterocycles. The zero-order valence-corrected chi connectivity index (χ0v) is 10.7. The van der Waals surface area contributed by atoms with E-state index in [2.05, 4.69) is 10.3 Å². The average Bonchev–Trinajstić information content (AvgIpc) is 2.28. The molecule has 0 bridgehead atoms. The average molecular weight is 352 g/mol. The molecule has 0 unspecified atom stereocenters. The highest BCUT2D eigenvalue weighted by Crippen LogP contribution is 2.32. The van der Waals surface area contributed by atoms with Crippen LogP contribution in [0.5, 0.6) is 0 Å². The summed E-state index contributed by atoms with van der Waals surface area (Å²) in [6.45, 7) is 0. The molecule has 0 amide bonds. The third kappa shape index (κ3) is 2.62. The Bertz CT molecular complexity index is 540. The molecule has 6 heteroatoms. The monoisotopic (exact) mass is 352 g/mol. The van der Waals surface area contributed by atoms with E-state index in [1.165, 1.54) is 0 Å². The molecule has 90 valence electrons. The van der Waals surface area contributed by atoms with E-state index in [4.69, 9.17) is 0 Å². The van der Waals surface area contributed by atoms with E-state index >= 15 is 0 Å². The van der Waals surface area contributed by atoms with Crippen molar-refractivity contribution >= 4 is 39.2 Å². The summed E-state index contributed by atoms with van der Waals surface area (Å²) in [5.74, 6) is 0. The molecule has 0 aliphatic heterocycles. The Labute approximate surface area is 109 Å². The smallest absolute Gasteiger partial charge is 0.375 e. The number of pyridine rings is 1. The fourth-order valence-electron chi connectivity index (χ4n) is 1.54. The van der Waals surface area contributed by atoms with Crippen molar-refractivity contribution in [2.45, 2.75) is 6.18 Å². The molecule has 1 aromatic heterocycles. The van der Waals surface area contributed by atoms with Crippen LogP contribution in [0.25, 0.3) is 10.9 Å². The first-order valence-corrected chi connectivity index (χ1v) is 6.32. The van der Waals surface area contributed by atoms with Gasteiger partial charge in [-0.25, -0.2) is 4.98 Å². The second-order valence-electron chi connectivity index (χ2n) is 3.38. The third-order valence-electron chi connectivity index (χ3n) is 2.26. The van der Waals surface area contributed by atoms with Crippen LogP contribution < -0.4 is 5.32 Å². The molecule has 2 aromatic rings. The fourth-order valence-corrected chi connectivity index (χ4v) is 1.95. The minimum atomic E-state index is -4.42. The van der Waals surface area contributed by atoms with Gasteiger partial charge in [0, 0.05) is 11.1 Å². The summed E-state index contributed by atoms with van der Waals surface area (Å²) in [5.41, 5.74) is -0.0736. The van der Waals surface area contributed by atoms with Crippen molar-refractivity contribution < 1.29 is 13.2 Å². The Balaban J connectivity index is 2.67. The Kier molecular flexibility index (Phi) is 3.41. The quantitative estimate of drug-likeness (QED) is 0.501. The molecule has 2 nitrogen and oxygen atoms in total. The number of anilines is 1. The van der Waals surface area contributed by atoms with Gasteiger partial charge in [-0.3, -0.25) is 0 Å². The summed E-state index contributed by atoms with van der Waals surface area (Å²) in [5, 5.41) is 3.60. The number of nitrogens with zero attached hydrogens (tertiary/aromatic N) is 1. The van der Waals surface area contributed by atoms with Gasteiger partial charge in [0.05, 0.1) is 10.1 Å². The molecular weight excluding hydrogens is 344 g/mol. The van der Waals surface area contributed by atoms with Crippen LogP contribution in [0.4, 0.5) is 18.9 Å². The van der Waals surface area contributed by atoms with E-state index in [0.717, 1.165) is 6.07 Å². The van der Waals surface area contributed by atoms with Crippen LogP contribution in [-0.2, 0) is 6.18 Å². The van der Waals surface area contributed by atoms with Gasteiger partial charge >= 0.3 is 6.18 Å². The summed E-state index contributed by atoms with van der Waals surface area (Å²) in [7, 11) is 0. The molecule has 0 saturated carbocycles. The number of aromatic nitrogens is 1. The maximum Gasteiger partial charge on any atom is 0.433 e. The highest BCUT2D eigenvalue weighted by atomic mass is 127. The van der Waals surface area contributed by atoms with Crippen LogP contribution in [0.1, 0.15) is 5.69 Å². The number of benzene rings is 1. The summed E-state index contributed by atoms with van der Waals surface area (Å²) in [6.07, 6.45) is -4.42. The van der Waals surface area contributed by atoms with Crippen molar-refractivity contribution in [1.29, 1.82) is 0 Å². The molecule has 0 saturated heterocycles. The van der Waals surface area contributed by atoms with Gasteiger partial charge in [-0.05, 0) is 12.1 Å². The van der Waals surface area contributed by atoms with Crippen LogP contribution >= 0.6 is 22.6 Å². The molecule has 0 radical (unpaired) electrons. The van der Waals surface area contributed by atoms with Crippen molar-refractivity contribution in [3.63, 3.8) is 0 Å². The molecule has 0 atom stereocenters. The van der Waals surface area contributed by atoms with Crippen molar-refractivity contribution in [2.75, 3.05) is 9.87 Å². The molecule has 0 spiro atoms. The van der Waals surface area contributed by atoms with Crippen molar-refractivity contribution in [3.05, 3.63) is 36.0 Å². The molecule has 0 aliphatic carbocycles. The van der Waals surface area contributed by atoms with Gasteiger partial charge < -0.3 is 5.32 Å². The van der Waals surface area contributed by atoms with E-state index in [1.807, 2.05) is 22.6 Å². The van der Waals surface area contributed by atoms with Gasteiger partial charge in [0.15, 0.2) is 0 Å². The molecule has 1 N–H and O–H groups in total. The van der Waals surface area contributed by atoms with Crippen molar-refractivity contribution in [3.8, 4) is 0 Å². The van der Waals surface area contributed by atoms with Gasteiger partial charge in [0.1, 0.15) is 5.69 Å². The molecule has 1 aromatic carbocycles. The Hall–Kier alpha value is -1.05. The SMILES string of the molecule is FC(F)(F)c1cc(NCI)c2ccccc2n1. The zero-order valence-electron chi connectivity index (χ0n) is 8.55. The van der Waals surface area contributed by atoms with Crippen LogP contribution in [0.2, 0.25) is 0 Å². The second-order valence-corrected chi connectivity index (χ2v) is 4.14. The van der Waals surface area contributed by atoms with Gasteiger partial charge in [-0.1, -0.05) is 40.8 Å². The number of fused-ring (bicyclic) bond motifs is 1. The van der Waals surface area contributed by atoms with Crippen LogP contribution in [0.15, 0.2) is 30.3 Å². The molecular formula is C11H8F3IN2. The van der Waals surface area contributed by atoms with Crippen LogP contribution in [-0.4, -0.2) is 9.54 Å². The zero-order chi connectivity index (χ0) is 12.5. The second kappa shape index (κ2) is 4.67. The predicted octanol–water partition coefficient (Wildman–Crippen LogP) is 4.06. The first-order valence-electron chi connectivity index (χ1n) is 4.79. The summed E-state index contributed by atoms with van der Waals surface area (Å²) < 4.78 is 38.5. The summed E-state index contributed by atoms with van der Waals surface area (Å²) >= 11 is 2.04. The van der Waals surface area contributed by atoms with E-state index in [1.54, 1.807) is 24.3 Å². The van der Waals surface area contributed by atoms with Crippen LogP contribution in [0, 0.1) is 0 Å². The van der Waals surface area contributed by atoms with Crippen molar-refractivity contribution in [2.24, 2.45) is 0 Å². The van der Waals surface area contributed by atoms with Gasteiger partial charge in [-0.15, -0.1) is 0 Å². The van der Waals surface area contributed by atoms with Crippen molar-refractivity contribution in [1.82, 2.24) is 4.98 Å². The lowest BCUT2D eigenvalue weighted by molar-refractivity contribution is -0.140. The largest absolute Gasteiger partial charge is 0.433 e. The maximum absolute atomic E-state index is 12.6. The van der Waals surface area contributed by atoms with Gasteiger partial charge in [-0.2, -0.15) is 13.2 Å². The van der Waals surface area contributed by atoms with E-state index < -0.39 is 11.9 Å². The number of hydrogen-bond acceptors (Lipinski definition) is 2. The van der Waals surface area contributed by atoms with E-state index in [9.17, 15) is 13.2 Å². The minimum Gasteiger partial charge on any atom is -0.375 e. The summed E-state index contributed by atoms with van der Waals surface area (Å²) in [6, 6.07) is 7.81. The number of nitrogens with one attached hydrogen (secondary N) is 1. The first kappa shape index (κ1) is 12.4. The highest BCUT2D eigenvalue weighted by Gasteiger charge is 2.33. The summed E-state index contributed by atoms with van der Waals surface area (Å²) in [4.78, 5) is 3.62. The van der Waals surface area contributed by atoms with E-state index in [-0.39, 0.29) is 0 Å².